The van der Waals surface area contributed by atoms with Crippen LogP contribution in [0.15, 0.2) is 91.3 Å². The highest BCUT2D eigenvalue weighted by atomic mass is 32.2. The molecule has 0 spiro atoms. The first-order valence-electron chi connectivity index (χ1n) is 18.5. The molecule has 0 aliphatic carbocycles. The normalized spacial score (nSPS) is 16.9. The lowest BCUT2D eigenvalue weighted by Crippen LogP contribution is -2.58. The number of hydrogen-bond acceptors (Lipinski definition) is 8. The second-order valence-corrected chi connectivity index (χ2v) is 16.4. The molecule has 0 atom stereocenters. The third kappa shape index (κ3) is 9.63. The average molecular weight is 724 g/mol. The molecular weight excluding hydrogens is 671 g/mol. The molecule has 2 aliphatic heterocycles. The van der Waals surface area contributed by atoms with Crippen molar-refractivity contribution < 1.29 is 13.2 Å². The summed E-state index contributed by atoms with van der Waals surface area (Å²) < 4.78 is 28.2. The van der Waals surface area contributed by atoms with Crippen LogP contribution in [0.5, 0.6) is 0 Å². The minimum atomic E-state index is -3.41. The van der Waals surface area contributed by atoms with Gasteiger partial charge in [0, 0.05) is 69.6 Å². The van der Waals surface area contributed by atoms with Gasteiger partial charge in [0.1, 0.15) is 6.33 Å². The molecule has 1 amide bonds. The van der Waals surface area contributed by atoms with E-state index in [4.69, 9.17) is 0 Å². The van der Waals surface area contributed by atoms with Crippen molar-refractivity contribution in [2.45, 2.75) is 77.7 Å². The predicted molar refractivity (Wildman–Crippen MR) is 207 cm³/mol. The molecule has 276 valence electrons. The highest BCUT2D eigenvalue weighted by Gasteiger charge is 2.39. The van der Waals surface area contributed by atoms with Crippen LogP contribution in [0.4, 0.5) is 5.69 Å². The van der Waals surface area contributed by atoms with E-state index in [1.165, 1.54) is 11.9 Å². The molecule has 1 aromatic heterocycles. The van der Waals surface area contributed by atoms with Gasteiger partial charge < -0.3 is 15.1 Å². The van der Waals surface area contributed by atoms with Gasteiger partial charge in [0.25, 0.3) is 5.91 Å². The van der Waals surface area contributed by atoms with Gasteiger partial charge in [-0.2, -0.15) is 0 Å². The van der Waals surface area contributed by atoms with Gasteiger partial charge in [-0.1, -0.05) is 72.8 Å². The van der Waals surface area contributed by atoms with Gasteiger partial charge in [-0.3, -0.25) is 9.69 Å². The van der Waals surface area contributed by atoms with Crippen molar-refractivity contribution in [1.82, 2.24) is 29.8 Å². The molecular formula is C41H53N7O3S. The fraction of sp³-hybridized carbons (Fsp3) is 0.439. The topological polar surface area (TPSA) is 111 Å². The summed E-state index contributed by atoms with van der Waals surface area (Å²) in [5.41, 5.74) is 6.65. The second kappa shape index (κ2) is 17.1. The van der Waals surface area contributed by atoms with Crippen LogP contribution in [0.1, 0.15) is 71.0 Å². The maximum Gasteiger partial charge on any atom is 0.257 e. The first-order chi connectivity index (χ1) is 25.1. The molecule has 2 fully saturated rings. The van der Waals surface area contributed by atoms with Crippen LogP contribution in [0.3, 0.4) is 0 Å². The van der Waals surface area contributed by atoms with Crippen molar-refractivity contribution in [1.29, 1.82) is 0 Å². The van der Waals surface area contributed by atoms with Crippen molar-refractivity contribution in [2.75, 3.05) is 43.4 Å². The number of anilines is 1. The molecule has 10 nitrogen and oxygen atoms in total. The van der Waals surface area contributed by atoms with Crippen LogP contribution in [0, 0.1) is 13.8 Å². The molecule has 4 aromatic rings. The van der Waals surface area contributed by atoms with E-state index in [-0.39, 0.29) is 23.7 Å². The van der Waals surface area contributed by atoms with Crippen LogP contribution < -0.4 is 14.9 Å². The Bertz CT molecular complexity index is 1840. The van der Waals surface area contributed by atoms with Crippen molar-refractivity contribution >= 4 is 21.6 Å². The molecule has 6 rings (SSSR count). The number of likely N-dealkylation sites (tertiary alicyclic amines) is 2. The number of sulfonamides is 1. The number of hydrogen-bond donors (Lipinski definition) is 2. The molecule has 52 heavy (non-hydrogen) atoms. The van der Waals surface area contributed by atoms with Gasteiger partial charge in [0.2, 0.25) is 10.0 Å². The Morgan fingerprint density at radius 3 is 2.00 bits per heavy atom. The summed E-state index contributed by atoms with van der Waals surface area (Å²) in [7, 11) is -3.41. The molecule has 3 heterocycles. The summed E-state index contributed by atoms with van der Waals surface area (Å²) in [6, 6.07) is 29.3. The molecule has 0 unspecified atom stereocenters. The summed E-state index contributed by atoms with van der Waals surface area (Å²) in [5, 5.41) is 3.22. The van der Waals surface area contributed by atoms with E-state index in [0.717, 1.165) is 86.6 Å². The largest absolute Gasteiger partial charge is 0.364 e. The highest BCUT2D eigenvalue weighted by Crippen LogP contribution is 2.34. The molecule has 2 saturated heterocycles. The smallest absolute Gasteiger partial charge is 0.257 e. The van der Waals surface area contributed by atoms with E-state index < -0.39 is 10.0 Å². The van der Waals surface area contributed by atoms with E-state index in [1.54, 1.807) is 0 Å². The number of piperidine rings is 2. The Morgan fingerprint density at radius 2 is 1.38 bits per heavy atom. The van der Waals surface area contributed by atoms with Crippen molar-refractivity contribution in [2.24, 2.45) is 0 Å². The van der Waals surface area contributed by atoms with Crippen molar-refractivity contribution in [3.8, 4) is 0 Å². The van der Waals surface area contributed by atoms with Crippen molar-refractivity contribution in [3.63, 3.8) is 0 Å². The van der Waals surface area contributed by atoms with Crippen LogP contribution in [0.25, 0.3) is 0 Å². The zero-order valence-electron chi connectivity index (χ0n) is 30.8. The summed E-state index contributed by atoms with van der Waals surface area (Å²) in [6.45, 7) is 11.7. The zero-order valence-corrected chi connectivity index (χ0v) is 31.6. The number of rotatable bonds is 14. The van der Waals surface area contributed by atoms with Gasteiger partial charge in [-0.15, -0.1) is 0 Å². The van der Waals surface area contributed by atoms with Gasteiger partial charge in [-0.25, -0.2) is 23.1 Å². The van der Waals surface area contributed by atoms with Gasteiger partial charge in [0.15, 0.2) is 0 Å². The van der Waals surface area contributed by atoms with Gasteiger partial charge in [0.05, 0.1) is 22.7 Å². The van der Waals surface area contributed by atoms with Crippen molar-refractivity contribution in [3.05, 3.63) is 125 Å². The quantitative estimate of drug-likeness (QED) is 0.165. The highest BCUT2D eigenvalue weighted by molar-refractivity contribution is 7.89. The summed E-state index contributed by atoms with van der Waals surface area (Å²) in [5.74, 6) is 0.0718. The van der Waals surface area contributed by atoms with E-state index >= 15 is 0 Å². The number of carbonyl (C=O) groups is 1. The third-order valence-corrected chi connectivity index (χ3v) is 12.2. The third-order valence-electron chi connectivity index (χ3n) is 10.9. The number of carbonyl (C=O) groups excluding carboxylic acids is 1. The van der Waals surface area contributed by atoms with Crippen LogP contribution in [-0.2, 0) is 29.7 Å². The number of amides is 1. The van der Waals surface area contributed by atoms with E-state index in [0.29, 0.717) is 24.7 Å². The summed E-state index contributed by atoms with van der Waals surface area (Å²) in [6.07, 6.45) is 5.50. The molecule has 0 saturated carbocycles. The van der Waals surface area contributed by atoms with Crippen LogP contribution in [-0.4, -0.2) is 84.2 Å². The first kappa shape index (κ1) is 37.6. The van der Waals surface area contributed by atoms with E-state index in [9.17, 15) is 13.2 Å². The van der Waals surface area contributed by atoms with Crippen LogP contribution >= 0.6 is 0 Å². The first-order valence-corrected chi connectivity index (χ1v) is 20.2. The number of aromatic nitrogens is 2. The Hall–Kier alpha value is -4.16. The summed E-state index contributed by atoms with van der Waals surface area (Å²) >= 11 is 0. The number of benzene rings is 3. The Labute approximate surface area is 309 Å². The second-order valence-electron chi connectivity index (χ2n) is 14.5. The van der Waals surface area contributed by atoms with Crippen LogP contribution in [0.2, 0.25) is 0 Å². The Morgan fingerprint density at radius 1 is 0.808 bits per heavy atom. The molecule has 2 N–H and O–H groups in total. The lowest BCUT2D eigenvalue weighted by atomic mass is 9.85. The fourth-order valence-corrected chi connectivity index (χ4v) is 8.55. The standard InChI is InChI=1S/C41H53N7O3S/c1-32-39(33(2)44-31-43-32)40(49)46-25-20-41(3,21-26-46)47-23-18-38(19-24-47)48(30-36-12-8-5-9-13-36)37-16-14-35(15-17-37)29-45-52(50,51)27-22-42-28-34-10-6-4-7-11-34/h4-17,31,38,42,45H,18-30H2,1-3H3. The minimum Gasteiger partial charge on any atom is -0.364 e. The number of nitrogens with one attached hydrogen (secondary N) is 2. The lowest BCUT2D eigenvalue weighted by molar-refractivity contribution is 0.0170. The summed E-state index contributed by atoms with van der Waals surface area (Å²) in [4.78, 5) is 29.1. The molecule has 0 radical (unpaired) electrons. The molecule has 0 bridgehead atoms. The predicted octanol–water partition coefficient (Wildman–Crippen LogP) is 5.47. The maximum atomic E-state index is 13.4. The number of nitrogens with zero attached hydrogens (tertiary/aromatic N) is 5. The Balaban J connectivity index is 1.03. The zero-order chi connectivity index (χ0) is 36.6. The molecule has 3 aromatic carbocycles. The average Bonchev–Trinajstić information content (AvgIpc) is 3.16. The molecule has 2 aliphatic rings. The monoisotopic (exact) mass is 723 g/mol. The van der Waals surface area contributed by atoms with E-state index in [2.05, 4.69) is 79.2 Å². The lowest BCUT2D eigenvalue weighted by Gasteiger charge is -2.50. The van der Waals surface area contributed by atoms with E-state index in [1.807, 2.05) is 61.2 Å². The fourth-order valence-electron chi connectivity index (χ4n) is 7.60. The Kier molecular flexibility index (Phi) is 12.4. The minimum absolute atomic E-state index is 0.0272. The number of aryl methyl sites for hydroxylation is 2. The maximum absolute atomic E-state index is 13.4. The van der Waals surface area contributed by atoms with Gasteiger partial charge >= 0.3 is 0 Å². The molecule has 11 heteroatoms. The SMILES string of the molecule is Cc1ncnc(C)c1C(=O)N1CCC(C)(N2CCC(N(Cc3ccccc3)c3ccc(CNS(=O)(=O)CCNCc4ccccc4)cc3)CC2)CC1. The van der Waals surface area contributed by atoms with Gasteiger partial charge in [-0.05, 0) is 75.3 Å².